The van der Waals surface area contributed by atoms with Gasteiger partial charge in [-0.15, -0.1) is 0 Å². The fourth-order valence-electron chi connectivity index (χ4n) is 2.19. The van der Waals surface area contributed by atoms with E-state index < -0.39 is 15.8 Å². The molecule has 0 unspecified atom stereocenters. The Bertz CT molecular complexity index is 863. The van der Waals surface area contributed by atoms with Gasteiger partial charge in [0.05, 0.1) is 10.5 Å². The summed E-state index contributed by atoms with van der Waals surface area (Å²) in [6.07, 6.45) is 1.09. The number of rotatable bonds is 6. The van der Waals surface area contributed by atoms with E-state index in [1.807, 2.05) is 12.1 Å². The van der Waals surface area contributed by atoms with Crippen molar-refractivity contribution in [3.05, 3.63) is 65.2 Å². The molecule has 6 heteroatoms. The van der Waals surface area contributed by atoms with E-state index in [4.69, 9.17) is 4.74 Å². The minimum absolute atomic E-state index is 0.116. The van der Waals surface area contributed by atoms with Crippen LogP contribution >= 0.6 is 0 Å². The van der Waals surface area contributed by atoms with Crippen LogP contribution in [-0.2, 0) is 14.6 Å². The van der Waals surface area contributed by atoms with Gasteiger partial charge in [-0.1, -0.05) is 38.1 Å². The summed E-state index contributed by atoms with van der Waals surface area (Å²) in [6, 6.07) is 12.6. The van der Waals surface area contributed by atoms with Gasteiger partial charge in [-0.2, -0.15) is 0 Å². The number of ketones is 1. The second kappa shape index (κ2) is 7.61. The van der Waals surface area contributed by atoms with Crippen LogP contribution in [0.3, 0.4) is 0 Å². The molecule has 0 aromatic heterocycles. The van der Waals surface area contributed by atoms with Crippen LogP contribution in [0.5, 0.6) is 0 Å². The summed E-state index contributed by atoms with van der Waals surface area (Å²) in [6.45, 7) is 3.76. The van der Waals surface area contributed by atoms with Crippen molar-refractivity contribution in [3.8, 4) is 0 Å². The Kier molecular flexibility index (Phi) is 5.74. The van der Waals surface area contributed by atoms with Crippen molar-refractivity contribution in [2.24, 2.45) is 0 Å². The molecular formula is C19H20O5S. The van der Waals surface area contributed by atoms with Gasteiger partial charge in [-0.3, -0.25) is 4.79 Å². The quantitative estimate of drug-likeness (QED) is 0.584. The molecule has 0 aliphatic carbocycles. The number of carbonyl (C=O) groups excluding carboxylic acids is 2. The van der Waals surface area contributed by atoms with Crippen molar-refractivity contribution in [2.45, 2.75) is 24.7 Å². The molecule has 25 heavy (non-hydrogen) atoms. The van der Waals surface area contributed by atoms with Gasteiger partial charge in [-0.25, -0.2) is 13.2 Å². The third-order valence-corrected chi connectivity index (χ3v) is 4.88. The van der Waals surface area contributed by atoms with E-state index in [0.717, 1.165) is 11.8 Å². The maximum atomic E-state index is 12.1. The van der Waals surface area contributed by atoms with E-state index in [1.165, 1.54) is 24.3 Å². The van der Waals surface area contributed by atoms with Crippen LogP contribution in [-0.4, -0.2) is 33.0 Å². The summed E-state index contributed by atoms with van der Waals surface area (Å²) in [4.78, 5) is 24.2. The molecule has 0 aliphatic heterocycles. The molecule has 2 aromatic carbocycles. The SMILES string of the molecule is CC(C)c1ccc(C(=O)COC(=O)c2ccc(S(C)(=O)=O)cc2)cc1. The first-order chi connectivity index (χ1) is 11.7. The Morgan fingerprint density at radius 2 is 1.44 bits per heavy atom. The minimum Gasteiger partial charge on any atom is -0.454 e. The number of sulfone groups is 1. The third-order valence-electron chi connectivity index (χ3n) is 3.75. The van der Waals surface area contributed by atoms with E-state index in [2.05, 4.69) is 13.8 Å². The molecule has 0 heterocycles. The summed E-state index contributed by atoms with van der Waals surface area (Å²) < 4.78 is 27.8. The molecule has 0 saturated carbocycles. The second-order valence-corrected chi connectivity index (χ2v) is 8.09. The molecule has 0 aliphatic rings. The second-order valence-electron chi connectivity index (χ2n) is 6.07. The molecule has 0 bridgehead atoms. The predicted molar refractivity (Wildman–Crippen MR) is 94.7 cm³/mol. The lowest BCUT2D eigenvalue weighted by atomic mass is 10.0. The maximum absolute atomic E-state index is 12.1. The first-order valence-electron chi connectivity index (χ1n) is 7.79. The van der Waals surface area contributed by atoms with Crippen LogP contribution in [0.25, 0.3) is 0 Å². The number of hydrogen-bond acceptors (Lipinski definition) is 5. The Morgan fingerprint density at radius 1 is 0.920 bits per heavy atom. The smallest absolute Gasteiger partial charge is 0.338 e. The van der Waals surface area contributed by atoms with Gasteiger partial charge >= 0.3 is 5.97 Å². The summed E-state index contributed by atoms with van der Waals surface area (Å²) in [5.41, 5.74) is 1.79. The highest BCUT2D eigenvalue weighted by Gasteiger charge is 2.14. The summed E-state index contributed by atoms with van der Waals surface area (Å²) in [5.74, 6) is -0.597. The van der Waals surface area contributed by atoms with Gasteiger partial charge in [0.25, 0.3) is 0 Å². The monoisotopic (exact) mass is 360 g/mol. The first kappa shape index (κ1) is 18.9. The number of benzene rings is 2. The largest absolute Gasteiger partial charge is 0.454 e. The average molecular weight is 360 g/mol. The van der Waals surface area contributed by atoms with E-state index >= 15 is 0 Å². The van der Waals surface area contributed by atoms with Crippen molar-refractivity contribution in [1.29, 1.82) is 0 Å². The average Bonchev–Trinajstić information content (AvgIpc) is 2.58. The molecule has 5 nitrogen and oxygen atoms in total. The number of hydrogen-bond donors (Lipinski definition) is 0. The van der Waals surface area contributed by atoms with Crippen LogP contribution in [0.15, 0.2) is 53.4 Å². The van der Waals surface area contributed by atoms with Crippen molar-refractivity contribution in [1.82, 2.24) is 0 Å². The van der Waals surface area contributed by atoms with Gasteiger partial charge in [0.2, 0.25) is 0 Å². The Morgan fingerprint density at radius 3 is 1.92 bits per heavy atom. The van der Waals surface area contributed by atoms with Crippen LogP contribution in [0.1, 0.15) is 46.0 Å². The summed E-state index contributed by atoms with van der Waals surface area (Å²) >= 11 is 0. The highest BCUT2D eigenvalue weighted by atomic mass is 32.2. The highest BCUT2D eigenvalue weighted by Crippen LogP contribution is 2.15. The van der Waals surface area contributed by atoms with Crippen molar-refractivity contribution >= 4 is 21.6 Å². The fourth-order valence-corrected chi connectivity index (χ4v) is 2.82. The van der Waals surface area contributed by atoms with E-state index in [0.29, 0.717) is 11.5 Å². The standard InChI is InChI=1S/C19H20O5S/c1-13(2)14-4-6-15(7-5-14)18(20)12-24-19(21)16-8-10-17(11-9-16)25(3,22)23/h4-11,13H,12H2,1-3H3. The van der Waals surface area contributed by atoms with Crippen LogP contribution in [0, 0.1) is 0 Å². The number of Topliss-reactive ketones (excluding diaryl/α,β-unsaturated/α-hetero) is 1. The number of carbonyl (C=O) groups is 2. The van der Waals surface area contributed by atoms with Gasteiger partial charge in [0, 0.05) is 11.8 Å². The Hall–Kier alpha value is -2.47. The van der Waals surface area contributed by atoms with Crippen LogP contribution in [0.4, 0.5) is 0 Å². The molecule has 0 amide bonds. The zero-order valence-corrected chi connectivity index (χ0v) is 15.2. The zero-order valence-electron chi connectivity index (χ0n) is 14.4. The lowest BCUT2D eigenvalue weighted by Gasteiger charge is -2.07. The minimum atomic E-state index is -3.32. The molecule has 0 fully saturated rings. The summed E-state index contributed by atoms with van der Waals surface area (Å²) in [5, 5.41) is 0. The first-order valence-corrected chi connectivity index (χ1v) is 9.68. The van der Waals surface area contributed by atoms with E-state index in [1.54, 1.807) is 12.1 Å². The lowest BCUT2D eigenvalue weighted by Crippen LogP contribution is -2.14. The van der Waals surface area contributed by atoms with Crippen molar-refractivity contribution in [3.63, 3.8) is 0 Å². The molecule has 0 spiro atoms. The molecule has 2 rings (SSSR count). The van der Waals surface area contributed by atoms with E-state index in [-0.39, 0.29) is 22.8 Å². The Labute approximate surface area is 147 Å². The van der Waals surface area contributed by atoms with Gasteiger partial charge in [0.15, 0.2) is 22.2 Å². The van der Waals surface area contributed by atoms with E-state index in [9.17, 15) is 18.0 Å². The lowest BCUT2D eigenvalue weighted by molar-refractivity contribution is 0.0474. The third kappa shape index (κ3) is 5.00. The summed E-state index contributed by atoms with van der Waals surface area (Å²) in [7, 11) is -3.32. The molecule has 132 valence electrons. The van der Waals surface area contributed by atoms with Crippen molar-refractivity contribution < 1.29 is 22.7 Å². The predicted octanol–water partition coefficient (Wildman–Crippen LogP) is 3.25. The van der Waals surface area contributed by atoms with Crippen LogP contribution in [0.2, 0.25) is 0 Å². The topological polar surface area (TPSA) is 77.5 Å². The van der Waals surface area contributed by atoms with Gasteiger partial charge < -0.3 is 4.74 Å². The molecule has 2 aromatic rings. The van der Waals surface area contributed by atoms with Gasteiger partial charge in [0.1, 0.15) is 0 Å². The highest BCUT2D eigenvalue weighted by molar-refractivity contribution is 7.90. The van der Waals surface area contributed by atoms with Crippen LogP contribution < -0.4 is 0 Å². The molecule has 0 N–H and O–H groups in total. The molecular weight excluding hydrogens is 340 g/mol. The van der Waals surface area contributed by atoms with Gasteiger partial charge in [-0.05, 0) is 35.7 Å². The number of esters is 1. The zero-order chi connectivity index (χ0) is 18.6. The molecule has 0 radical (unpaired) electrons. The molecule has 0 atom stereocenters. The number of ether oxygens (including phenoxy) is 1. The molecule has 0 saturated heterocycles. The van der Waals surface area contributed by atoms with Crippen molar-refractivity contribution in [2.75, 3.05) is 12.9 Å². The maximum Gasteiger partial charge on any atom is 0.338 e. The normalized spacial score (nSPS) is 11.4. The Balaban J connectivity index is 1.98. The fraction of sp³-hybridized carbons (Fsp3) is 0.263.